The van der Waals surface area contributed by atoms with E-state index in [1.54, 1.807) is 36.4 Å². The molecule has 0 aliphatic heterocycles. The zero-order valence-corrected chi connectivity index (χ0v) is 13.0. The summed E-state index contributed by atoms with van der Waals surface area (Å²) >= 11 is 3.25. The van der Waals surface area contributed by atoms with Crippen molar-refractivity contribution in [2.75, 3.05) is 6.61 Å². The van der Waals surface area contributed by atoms with Gasteiger partial charge in [0.25, 0.3) is 0 Å². The van der Waals surface area contributed by atoms with Crippen LogP contribution in [0.2, 0.25) is 0 Å². The lowest BCUT2D eigenvalue weighted by Gasteiger charge is -2.02. The minimum absolute atomic E-state index is 0.0463. The molecule has 3 nitrogen and oxygen atoms in total. The largest absolute Gasteiger partial charge is 0.479 e. The highest BCUT2D eigenvalue weighted by molar-refractivity contribution is 9.10. The van der Waals surface area contributed by atoms with Gasteiger partial charge in [-0.15, -0.1) is 0 Å². The summed E-state index contributed by atoms with van der Waals surface area (Å²) in [5, 5.41) is 8.42. The number of ketones is 1. The van der Waals surface area contributed by atoms with Crippen LogP contribution in [0.3, 0.4) is 0 Å². The number of hydrogen-bond donors (Lipinski definition) is 0. The first-order valence-electron chi connectivity index (χ1n) is 6.37. The zero-order valence-electron chi connectivity index (χ0n) is 11.4. The molecule has 22 heavy (non-hydrogen) atoms. The maximum absolute atomic E-state index is 13.6. The average Bonchev–Trinajstić information content (AvgIpc) is 2.54. The molecule has 2 aromatic rings. The van der Waals surface area contributed by atoms with Gasteiger partial charge in [0.2, 0.25) is 0 Å². The van der Waals surface area contributed by atoms with Gasteiger partial charge in [-0.25, -0.2) is 4.39 Å². The van der Waals surface area contributed by atoms with Gasteiger partial charge < -0.3 is 4.74 Å². The molecule has 2 aromatic carbocycles. The second-order valence-corrected chi connectivity index (χ2v) is 5.25. The van der Waals surface area contributed by atoms with Crippen molar-refractivity contribution in [3.05, 3.63) is 70.0 Å². The van der Waals surface area contributed by atoms with E-state index in [0.29, 0.717) is 16.9 Å². The van der Waals surface area contributed by atoms with Gasteiger partial charge in [0.05, 0.1) is 0 Å². The minimum atomic E-state index is -0.396. The molecule has 0 aliphatic carbocycles. The van der Waals surface area contributed by atoms with E-state index >= 15 is 0 Å². The first-order chi connectivity index (χ1) is 10.6. The third kappa shape index (κ3) is 4.27. The van der Waals surface area contributed by atoms with Gasteiger partial charge in [0.15, 0.2) is 12.4 Å². The Kier molecular flexibility index (Phi) is 5.45. The molecule has 110 valence electrons. The van der Waals surface area contributed by atoms with E-state index in [4.69, 9.17) is 10.00 Å². The predicted octanol–water partition coefficient (Wildman–Crippen LogP) is 4.39. The molecule has 0 bridgehead atoms. The van der Waals surface area contributed by atoms with E-state index in [0.717, 1.165) is 4.47 Å². The van der Waals surface area contributed by atoms with Crippen LogP contribution in [0.1, 0.15) is 15.9 Å². The molecule has 0 saturated heterocycles. The zero-order chi connectivity index (χ0) is 15.9. The van der Waals surface area contributed by atoms with E-state index < -0.39 is 5.82 Å². The minimum Gasteiger partial charge on any atom is -0.479 e. The van der Waals surface area contributed by atoms with Gasteiger partial charge in [-0.1, -0.05) is 15.9 Å². The SMILES string of the molecule is N#CCOc1ccc(C(=O)C=Cc2cc(Br)ccc2F)cc1. The molecule has 0 radical (unpaired) electrons. The molecule has 0 N–H and O–H groups in total. The normalized spacial score (nSPS) is 10.4. The van der Waals surface area contributed by atoms with Crippen LogP contribution >= 0.6 is 15.9 Å². The summed E-state index contributed by atoms with van der Waals surface area (Å²) in [4.78, 5) is 12.0. The van der Waals surface area contributed by atoms with Gasteiger partial charge in [-0.05, 0) is 54.6 Å². The Morgan fingerprint density at radius 2 is 2.00 bits per heavy atom. The molecule has 0 aliphatic rings. The maximum atomic E-state index is 13.6. The standard InChI is InChI=1S/C17H11BrFNO2/c18-14-4-7-16(19)13(11-14)3-8-17(21)12-1-5-15(6-2-12)22-10-9-20/h1-8,11H,10H2. The fourth-order valence-electron chi connectivity index (χ4n) is 1.74. The Bertz CT molecular complexity index is 748. The number of nitriles is 1. The lowest BCUT2D eigenvalue weighted by Crippen LogP contribution is -1.96. The number of carbonyl (C=O) groups excluding carboxylic acids is 1. The number of benzene rings is 2. The topological polar surface area (TPSA) is 50.1 Å². The van der Waals surface area contributed by atoms with Gasteiger partial charge >= 0.3 is 0 Å². The van der Waals surface area contributed by atoms with Crippen molar-refractivity contribution in [2.45, 2.75) is 0 Å². The van der Waals surface area contributed by atoms with Crippen molar-refractivity contribution in [2.24, 2.45) is 0 Å². The molecule has 2 rings (SSSR count). The summed E-state index contributed by atoms with van der Waals surface area (Å²) in [6, 6.07) is 12.8. The van der Waals surface area contributed by atoms with Crippen molar-refractivity contribution in [1.29, 1.82) is 5.26 Å². The van der Waals surface area contributed by atoms with Crippen LogP contribution in [-0.4, -0.2) is 12.4 Å². The highest BCUT2D eigenvalue weighted by atomic mass is 79.9. The van der Waals surface area contributed by atoms with Crippen LogP contribution in [0.4, 0.5) is 4.39 Å². The summed E-state index contributed by atoms with van der Waals surface area (Å²) in [6.07, 6.45) is 2.75. The highest BCUT2D eigenvalue weighted by Crippen LogP contribution is 2.18. The molecule has 5 heteroatoms. The summed E-state index contributed by atoms with van der Waals surface area (Å²) < 4.78 is 19.4. The quantitative estimate of drug-likeness (QED) is 0.587. The fourth-order valence-corrected chi connectivity index (χ4v) is 2.11. The summed E-state index contributed by atoms with van der Waals surface area (Å²) in [7, 11) is 0. The molecule has 0 heterocycles. The van der Waals surface area contributed by atoms with Gasteiger partial charge in [-0.2, -0.15) is 5.26 Å². The van der Waals surface area contributed by atoms with E-state index in [-0.39, 0.29) is 12.4 Å². The molecular formula is C17H11BrFNO2. The Labute approximate surface area is 135 Å². The molecule has 0 amide bonds. The van der Waals surface area contributed by atoms with Crippen LogP contribution in [0.15, 0.2) is 53.0 Å². The number of carbonyl (C=O) groups is 1. The number of ether oxygens (including phenoxy) is 1. The van der Waals surface area contributed by atoms with E-state index in [1.165, 1.54) is 18.2 Å². The molecule has 0 fully saturated rings. The van der Waals surface area contributed by atoms with Crippen LogP contribution in [0.5, 0.6) is 5.75 Å². The molecular weight excluding hydrogens is 349 g/mol. The number of halogens is 2. The van der Waals surface area contributed by atoms with Gasteiger partial charge in [0, 0.05) is 15.6 Å². The predicted molar refractivity (Wildman–Crippen MR) is 85.0 cm³/mol. The van der Waals surface area contributed by atoms with Crippen LogP contribution in [-0.2, 0) is 0 Å². The number of rotatable bonds is 5. The Balaban J connectivity index is 2.10. The Morgan fingerprint density at radius 1 is 1.27 bits per heavy atom. The third-order valence-electron chi connectivity index (χ3n) is 2.81. The van der Waals surface area contributed by atoms with E-state index in [1.807, 2.05) is 6.07 Å². The molecule has 0 spiro atoms. The van der Waals surface area contributed by atoms with Crippen molar-refractivity contribution >= 4 is 27.8 Å². The lowest BCUT2D eigenvalue weighted by atomic mass is 10.1. The third-order valence-corrected chi connectivity index (χ3v) is 3.31. The number of hydrogen-bond acceptors (Lipinski definition) is 3. The van der Waals surface area contributed by atoms with Gasteiger partial charge in [0.1, 0.15) is 17.6 Å². The lowest BCUT2D eigenvalue weighted by molar-refractivity contribution is 0.104. The number of nitrogens with zero attached hydrogens (tertiary/aromatic N) is 1. The average molecular weight is 360 g/mol. The van der Waals surface area contributed by atoms with Crippen LogP contribution in [0.25, 0.3) is 6.08 Å². The molecule has 0 unspecified atom stereocenters. The van der Waals surface area contributed by atoms with Crippen LogP contribution < -0.4 is 4.74 Å². The Hall–Kier alpha value is -2.45. The highest BCUT2D eigenvalue weighted by Gasteiger charge is 2.04. The van der Waals surface area contributed by atoms with Crippen LogP contribution in [0, 0.1) is 17.1 Å². The molecule has 0 atom stereocenters. The fraction of sp³-hybridized carbons (Fsp3) is 0.0588. The van der Waals surface area contributed by atoms with E-state index in [9.17, 15) is 9.18 Å². The maximum Gasteiger partial charge on any atom is 0.185 e. The van der Waals surface area contributed by atoms with Gasteiger partial charge in [-0.3, -0.25) is 4.79 Å². The second kappa shape index (κ2) is 7.53. The summed E-state index contributed by atoms with van der Waals surface area (Å²) in [5.74, 6) is -0.126. The van der Waals surface area contributed by atoms with Crippen molar-refractivity contribution in [3.8, 4) is 11.8 Å². The second-order valence-electron chi connectivity index (χ2n) is 4.33. The van der Waals surface area contributed by atoms with Crippen molar-refractivity contribution in [3.63, 3.8) is 0 Å². The first kappa shape index (κ1) is 15.9. The monoisotopic (exact) mass is 359 g/mol. The first-order valence-corrected chi connectivity index (χ1v) is 7.17. The smallest absolute Gasteiger partial charge is 0.185 e. The van der Waals surface area contributed by atoms with E-state index in [2.05, 4.69) is 15.9 Å². The number of allylic oxidation sites excluding steroid dienone is 1. The summed E-state index contributed by atoms with van der Waals surface area (Å²) in [5.41, 5.74) is 0.785. The van der Waals surface area contributed by atoms with Crippen molar-refractivity contribution < 1.29 is 13.9 Å². The Morgan fingerprint density at radius 3 is 2.68 bits per heavy atom. The molecule has 0 saturated carbocycles. The molecule has 0 aromatic heterocycles. The van der Waals surface area contributed by atoms with Crippen molar-refractivity contribution in [1.82, 2.24) is 0 Å². The summed E-state index contributed by atoms with van der Waals surface area (Å²) in [6.45, 7) is -0.0463.